The zero-order valence-corrected chi connectivity index (χ0v) is 10.7. The van der Waals surface area contributed by atoms with E-state index in [9.17, 15) is 4.79 Å². The summed E-state index contributed by atoms with van der Waals surface area (Å²) in [5, 5.41) is 9.49. The summed E-state index contributed by atoms with van der Waals surface area (Å²) in [5.41, 5.74) is 0. The summed E-state index contributed by atoms with van der Waals surface area (Å²) in [6.45, 7) is 2.00. The second-order valence-electron chi connectivity index (χ2n) is 4.99. The Bertz CT molecular complexity index is 406. The first-order chi connectivity index (χ1) is 8.24. The lowest BCUT2D eigenvalue weighted by Gasteiger charge is -2.21. The van der Waals surface area contributed by atoms with Crippen LogP contribution in [0.2, 0.25) is 0 Å². The third-order valence-electron chi connectivity index (χ3n) is 3.82. The number of fused-ring (bicyclic) bond motifs is 2. The number of aromatic nitrogens is 1. The van der Waals surface area contributed by atoms with E-state index in [1.54, 1.807) is 17.5 Å². The molecule has 1 aromatic rings. The highest BCUT2D eigenvalue weighted by atomic mass is 32.1. The summed E-state index contributed by atoms with van der Waals surface area (Å²) < 4.78 is 0. The number of thiazole rings is 1. The SMILES string of the molecule is CC(NC(=O)C1CC2CCC1N2)c1nccs1. The van der Waals surface area contributed by atoms with Gasteiger partial charge in [0.2, 0.25) is 5.91 Å². The zero-order valence-electron chi connectivity index (χ0n) is 9.85. The maximum atomic E-state index is 12.2. The van der Waals surface area contributed by atoms with Gasteiger partial charge < -0.3 is 10.6 Å². The maximum absolute atomic E-state index is 12.2. The highest BCUT2D eigenvalue weighted by Gasteiger charge is 2.42. The number of carbonyl (C=O) groups is 1. The summed E-state index contributed by atoms with van der Waals surface area (Å²) in [7, 11) is 0. The van der Waals surface area contributed by atoms with Gasteiger partial charge >= 0.3 is 0 Å². The van der Waals surface area contributed by atoms with Crippen molar-refractivity contribution in [3.63, 3.8) is 0 Å². The molecular weight excluding hydrogens is 234 g/mol. The molecule has 5 heteroatoms. The first-order valence-electron chi connectivity index (χ1n) is 6.20. The Kier molecular flexibility index (Phi) is 2.88. The molecule has 3 rings (SSSR count). The number of carbonyl (C=O) groups excluding carboxylic acids is 1. The minimum Gasteiger partial charge on any atom is -0.347 e. The van der Waals surface area contributed by atoms with E-state index in [0.717, 1.165) is 17.8 Å². The second kappa shape index (κ2) is 4.38. The van der Waals surface area contributed by atoms with Crippen molar-refractivity contribution in [2.24, 2.45) is 5.92 Å². The third-order valence-corrected chi connectivity index (χ3v) is 4.78. The number of amides is 1. The number of nitrogens with zero attached hydrogens (tertiary/aromatic N) is 1. The van der Waals surface area contributed by atoms with Crippen molar-refractivity contribution in [3.8, 4) is 0 Å². The standard InChI is InChI=1S/C12H17N3OS/c1-7(12-13-4-5-17-12)14-11(16)9-6-8-2-3-10(9)15-8/h4-5,7-10,15H,2-3,6H2,1H3,(H,14,16). The molecule has 1 amide bonds. The van der Waals surface area contributed by atoms with Gasteiger partial charge in [-0.2, -0.15) is 0 Å². The minimum absolute atomic E-state index is 0.0293. The predicted octanol–water partition coefficient (Wildman–Crippen LogP) is 1.46. The fraction of sp³-hybridized carbons (Fsp3) is 0.667. The van der Waals surface area contributed by atoms with Gasteiger partial charge in [0, 0.05) is 23.7 Å². The predicted molar refractivity (Wildman–Crippen MR) is 66.7 cm³/mol. The van der Waals surface area contributed by atoms with Crippen molar-refractivity contribution in [2.45, 2.75) is 44.3 Å². The molecule has 2 saturated heterocycles. The molecule has 0 aromatic carbocycles. The lowest BCUT2D eigenvalue weighted by Crippen LogP contribution is -2.38. The molecule has 2 fully saturated rings. The van der Waals surface area contributed by atoms with Crippen LogP contribution in [0, 0.1) is 5.92 Å². The average molecular weight is 251 g/mol. The van der Waals surface area contributed by atoms with Gasteiger partial charge in [-0.25, -0.2) is 4.98 Å². The van der Waals surface area contributed by atoms with Gasteiger partial charge in [-0.3, -0.25) is 4.79 Å². The van der Waals surface area contributed by atoms with Crippen molar-refractivity contribution in [1.29, 1.82) is 0 Å². The van der Waals surface area contributed by atoms with Gasteiger partial charge in [0.1, 0.15) is 5.01 Å². The van der Waals surface area contributed by atoms with Crippen LogP contribution in [0.1, 0.15) is 37.2 Å². The lowest BCUT2D eigenvalue weighted by molar-refractivity contribution is -0.126. The second-order valence-corrected chi connectivity index (χ2v) is 5.92. The third kappa shape index (κ3) is 2.09. The molecule has 0 radical (unpaired) electrons. The van der Waals surface area contributed by atoms with Crippen LogP contribution in [0.15, 0.2) is 11.6 Å². The molecule has 2 bridgehead atoms. The summed E-state index contributed by atoms with van der Waals surface area (Å²) >= 11 is 1.59. The van der Waals surface area contributed by atoms with Crippen LogP contribution in [0.4, 0.5) is 0 Å². The Labute approximate surface area is 105 Å². The summed E-state index contributed by atoms with van der Waals surface area (Å²) in [6.07, 6.45) is 5.16. The molecule has 2 aliphatic rings. The molecule has 3 heterocycles. The number of hydrogen-bond acceptors (Lipinski definition) is 4. The Balaban J connectivity index is 1.60. The quantitative estimate of drug-likeness (QED) is 0.855. The summed E-state index contributed by atoms with van der Waals surface area (Å²) in [4.78, 5) is 16.4. The Morgan fingerprint density at radius 2 is 2.53 bits per heavy atom. The van der Waals surface area contributed by atoms with Crippen molar-refractivity contribution < 1.29 is 4.79 Å². The number of rotatable bonds is 3. The molecule has 0 spiro atoms. The Morgan fingerprint density at radius 3 is 3.12 bits per heavy atom. The molecule has 17 heavy (non-hydrogen) atoms. The summed E-state index contributed by atoms with van der Waals surface area (Å²) in [5.74, 6) is 0.351. The van der Waals surface area contributed by atoms with E-state index in [1.807, 2.05) is 12.3 Å². The Hall–Kier alpha value is -0.940. The molecule has 0 saturated carbocycles. The van der Waals surface area contributed by atoms with Crippen LogP contribution in [0.5, 0.6) is 0 Å². The zero-order chi connectivity index (χ0) is 11.8. The van der Waals surface area contributed by atoms with Crippen molar-refractivity contribution in [1.82, 2.24) is 15.6 Å². The largest absolute Gasteiger partial charge is 0.347 e. The summed E-state index contributed by atoms with van der Waals surface area (Å²) in [6, 6.07) is 1.01. The van der Waals surface area contributed by atoms with Crippen molar-refractivity contribution in [3.05, 3.63) is 16.6 Å². The molecule has 1 aromatic heterocycles. The lowest BCUT2D eigenvalue weighted by atomic mass is 9.88. The van der Waals surface area contributed by atoms with Gasteiger partial charge in [-0.15, -0.1) is 11.3 Å². The van der Waals surface area contributed by atoms with Crippen LogP contribution < -0.4 is 10.6 Å². The van der Waals surface area contributed by atoms with E-state index in [0.29, 0.717) is 12.1 Å². The Morgan fingerprint density at radius 1 is 1.65 bits per heavy atom. The van der Waals surface area contributed by atoms with Gasteiger partial charge in [-0.1, -0.05) is 0 Å². The molecular formula is C12H17N3OS. The molecule has 4 unspecified atom stereocenters. The molecule has 92 valence electrons. The van der Waals surface area contributed by atoms with E-state index in [4.69, 9.17) is 0 Å². The molecule has 2 N–H and O–H groups in total. The fourth-order valence-electron chi connectivity index (χ4n) is 2.94. The monoisotopic (exact) mass is 251 g/mol. The maximum Gasteiger partial charge on any atom is 0.225 e. The van der Waals surface area contributed by atoms with E-state index in [1.165, 1.54) is 6.42 Å². The normalized spacial score (nSPS) is 32.6. The van der Waals surface area contributed by atoms with Crippen LogP contribution in [-0.4, -0.2) is 23.0 Å². The first-order valence-corrected chi connectivity index (χ1v) is 7.08. The van der Waals surface area contributed by atoms with Gasteiger partial charge in [0.05, 0.1) is 12.0 Å². The van der Waals surface area contributed by atoms with Gasteiger partial charge in [0.25, 0.3) is 0 Å². The molecule has 4 atom stereocenters. The highest BCUT2D eigenvalue weighted by molar-refractivity contribution is 7.09. The van der Waals surface area contributed by atoms with Crippen molar-refractivity contribution in [2.75, 3.05) is 0 Å². The van der Waals surface area contributed by atoms with E-state index in [-0.39, 0.29) is 17.9 Å². The van der Waals surface area contributed by atoms with Gasteiger partial charge in [0.15, 0.2) is 0 Å². The molecule has 4 nitrogen and oxygen atoms in total. The number of nitrogens with one attached hydrogen (secondary N) is 2. The van der Waals surface area contributed by atoms with Crippen molar-refractivity contribution >= 4 is 17.2 Å². The highest BCUT2D eigenvalue weighted by Crippen LogP contribution is 2.33. The van der Waals surface area contributed by atoms with Crippen LogP contribution >= 0.6 is 11.3 Å². The van der Waals surface area contributed by atoms with E-state index < -0.39 is 0 Å². The number of hydrogen-bond donors (Lipinski definition) is 2. The first kappa shape index (κ1) is 11.2. The topological polar surface area (TPSA) is 54.0 Å². The van der Waals surface area contributed by atoms with Crippen LogP contribution in [0.3, 0.4) is 0 Å². The molecule has 0 aliphatic carbocycles. The van der Waals surface area contributed by atoms with E-state index >= 15 is 0 Å². The van der Waals surface area contributed by atoms with Crippen LogP contribution in [0.25, 0.3) is 0 Å². The van der Waals surface area contributed by atoms with Crippen LogP contribution in [-0.2, 0) is 4.79 Å². The average Bonchev–Trinajstić information content (AvgIpc) is 3.05. The fourth-order valence-corrected chi connectivity index (χ4v) is 3.59. The minimum atomic E-state index is 0.0293. The molecule has 2 aliphatic heterocycles. The van der Waals surface area contributed by atoms with E-state index in [2.05, 4.69) is 15.6 Å². The smallest absolute Gasteiger partial charge is 0.225 e. The van der Waals surface area contributed by atoms with Gasteiger partial charge in [-0.05, 0) is 26.2 Å².